The second-order valence-electron chi connectivity index (χ2n) is 8.60. The first-order chi connectivity index (χ1) is 17.4. The molecule has 0 saturated carbocycles. The minimum absolute atomic E-state index is 0.216. The summed E-state index contributed by atoms with van der Waals surface area (Å²) in [5.74, 6) is -0.230. The Labute approximate surface area is 214 Å². The molecule has 36 heavy (non-hydrogen) atoms. The number of allylic oxidation sites excluding steroid dienone is 6. The van der Waals surface area contributed by atoms with Crippen LogP contribution >= 0.6 is 0 Å². The maximum absolute atomic E-state index is 12.8. The van der Waals surface area contributed by atoms with Gasteiger partial charge in [-0.25, -0.2) is 0 Å². The van der Waals surface area contributed by atoms with Crippen LogP contribution in [0.15, 0.2) is 95.7 Å². The first kappa shape index (κ1) is 26.6. The van der Waals surface area contributed by atoms with Gasteiger partial charge in [0.1, 0.15) is 5.41 Å². The highest BCUT2D eigenvalue weighted by atomic mass is 16.5. The Hall–Kier alpha value is -4.01. The SMILES string of the molecule is C=C(CNC(=O)c1ccc2c(c1)[C@](C)(C#N)COC2)N=C1C=C(c2ccccc2)C=C/C1=C/C.CC. The van der Waals surface area contributed by atoms with Gasteiger partial charge >= 0.3 is 0 Å². The van der Waals surface area contributed by atoms with E-state index in [1.807, 2.05) is 70.2 Å². The Bertz CT molecular complexity index is 1290. The average Bonchev–Trinajstić information content (AvgIpc) is 2.93. The quantitative estimate of drug-likeness (QED) is 0.546. The predicted octanol–water partition coefficient (Wildman–Crippen LogP) is 6.31. The number of hydrogen-bond acceptors (Lipinski definition) is 4. The van der Waals surface area contributed by atoms with E-state index in [0.717, 1.165) is 33.5 Å². The summed E-state index contributed by atoms with van der Waals surface area (Å²) in [7, 11) is 0. The van der Waals surface area contributed by atoms with Gasteiger partial charge in [-0.15, -0.1) is 0 Å². The molecule has 5 heteroatoms. The summed E-state index contributed by atoms with van der Waals surface area (Å²) in [6.07, 6.45) is 8.15. The lowest BCUT2D eigenvalue weighted by molar-refractivity contribution is 0.0757. The molecule has 2 aromatic carbocycles. The number of aliphatic imine (C=N–C) groups is 1. The van der Waals surface area contributed by atoms with Gasteiger partial charge in [0.25, 0.3) is 5.91 Å². The van der Waals surface area contributed by atoms with Gasteiger partial charge in [0.2, 0.25) is 0 Å². The van der Waals surface area contributed by atoms with Crippen molar-refractivity contribution in [1.82, 2.24) is 5.32 Å². The highest BCUT2D eigenvalue weighted by Crippen LogP contribution is 2.32. The third-order valence-corrected chi connectivity index (χ3v) is 6.04. The normalized spacial score (nSPS) is 20.5. The van der Waals surface area contributed by atoms with Crippen LogP contribution in [0.4, 0.5) is 0 Å². The van der Waals surface area contributed by atoms with Crippen molar-refractivity contribution in [3.05, 3.63) is 113 Å². The maximum Gasteiger partial charge on any atom is 0.251 e. The van der Waals surface area contributed by atoms with Gasteiger partial charge < -0.3 is 10.1 Å². The highest BCUT2D eigenvalue weighted by Gasteiger charge is 2.33. The number of fused-ring (bicyclic) bond motifs is 1. The molecule has 184 valence electrons. The zero-order valence-electron chi connectivity index (χ0n) is 21.5. The van der Waals surface area contributed by atoms with Crippen molar-refractivity contribution in [2.75, 3.05) is 13.2 Å². The average molecular weight is 480 g/mol. The van der Waals surface area contributed by atoms with Crippen LogP contribution < -0.4 is 5.32 Å². The second-order valence-corrected chi connectivity index (χ2v) is 8.60. The smallest absolute Gasteiger partial charge is 0.251 e. The van der Waals surface area contributed by atoms with Crippen molar-refractivity contribution in [2.45, 2.75) is 39.7 Å². The van der Waals surface area contributed by atoms with E-state index in [1.54, 1.807) is 12.1 Å². The summed E-state index contributed by atoms with van der Waals surface area (Å²) in [5, 5.41) is 12.5. The maximum atomic E-state index is 12.8. The van der Waals surface area contributed by atoms with E-state index >= 15 is 0 Å². The predicted molar refractivity (Wildman–Crippen MR) is 147 cm³/mol. The number of carbonyl (C=O) groups excluding carboxylic acids is 1. The molecule has 1 amide bonds. The Kier molecular flexibility index (Phi) is 8.94. The van der Waals surface area contributed by atoms with Gasteiger partial charge in [-0.3, -0.25) is 9.79 Å². The van der Waals surface area contributed by atoms with Gasteiger partial charge in [-0.1, -0.05) is 75.1 Å². The molecule has 5 nitrogen and oxygen atoms in total. The minimum atomic E-state index is -0.764. The largest absolute Gasteiger partial charge is 0.375 e. The van der Waals surface area contributed by atoms with E-state index in [1.165, 1.54) is 0 Å². The van der Waals surface area contributed by atoms with Crippen molar-refractivity contribution in [2.24, 2.45) is 4.99 Å². The van der Waals surface area contributed by atoms with Crippen molar-refractivity contribution >= 4 is 17.2 Å². The molecule has 0 spiro atoms. The van der Waals surface area contributed by atoms with Crippen molar-refractivity contribution in [3.8, 4) is 6.07 Å². The second kappa shape index (κ2) is 12.1. The summed E-state index contributed by atoms with van der Waals surface area (Å²) in [4.78, 5) is 17.5. The van der Waals surface area contributed by atoms with Gasteiger partial charge in [0.05, 0.1) is 37.2 Å². The molecule has 0 saturated heterocycles. The molecule has 1 atom stereocenters. The molecular formula is C31H33N3O2. The fourth-order valence-corrected chi connectivity index (χ4v) is 4.08. The lowest BCUT2D eigenvalue weighted by Crippen LogP contribution is -2.33. The van der Waals surface area contributed by atoms with Crippen LogP contribution in [0.5, 0.6) is 0 Å². The van der Waals surface area contributed by atoms with E-state index < -0.39 is 5.41 Å². The summed E-state index contributed by atoms with van der Waals surface area (Å²) in [6, 6.07) is 17.9. The van der Waals surface area contributed by atoms with Crippen LogP contribution in [0, 0.1) is 11.3 Å². The number of benzene rings is 2. The van der Waals surface area contributed by atoms with Crippen LogP contribution in [0.1, 0.15) is 54.7 Å². The van der Waals surface area contributed by atoms with Crippen molar-refractivity contribution in [1.29, 1.82) is 5.26 Å². The number of ether oxygens (including phenoxy) is 1. The molecule has 0 bridgehead atoms. The minimum Gasteiger partial charge on any atom is -0.375 e. The number of amides is 1. The van der Waals surface area contributed by atoms with Crippen LogP contribution in [-0.4, -0.2) is 24.8 Å². The van der Waals surface area contributed by atoms with E-state index in [0.29, 0.717) is 24.5 Å². The number of nitrogens with one attached hydrogen (secondary N) is 1. The van der Waals surface area contributed by atoms with Gasteiger partial charge in [-0.2, -0.15) is 5.26 Å². The fourth-order valence-electron chi connectivity index (χ4n) is 4.08. The van der Waals surface area contributed by atoms with Crippen LogP contribution in [0.2, 0.25) is 0 Å². The van der Waals surface area contributed by atoms with Gasteiger partial charge in [0.15, 0.2) is 0 Å². The summed E-state index contributed by atoms with van der Waals surface area (Å²) < 4.78 is 5.54. The van der Waals surface area contributed by atoms with Gasteiger partial charge in [-0.05, 0) is 59.9 Å². The zero-order valence-corrected chi connectivity index (χ0v) is 21.5. The standard InChI is InChI=1S/C29H27N3O2.C2H6/c1-4-21-10-11-23(22-8-6-5-7-9-22)15-27(21)32-20(2)16-31-28(33)24-12-13-25-17-34-19-29(3,18-30)26(25)14-24;1-2/h4-15H,2,16-17,19H2,1,3H3,(H,31,33);1-2H3/b21-4-,32-27?;/t29-;/m1./s1. The Balaban J connectivity index is 0.00000176. The number of nitrogens with zero attached hydrogens (tertiary/aromatic N) is 2. The molecule has 0 aromatic heterocycles. The Morgan fingerprint density at radius 3 is 2.67 bits per heavy atom. The molecule has 0 fully saturated rings. The Morgan fingerprint density at radius 2 is 1.97 bits per heavy atom. The van der Waals surface area contributed by atoms with Crippen molar-refractivity contribution < 1.29 is 9.53 Å². The third kappa shape index (κ3) is 5.97. The monoisotopic (exact) mass is 479 g/mol. The van der Waals surface area contributed by atoms with Crippen LogP contribution in [0.3, 0.4) is 0 Å². The molecule has 1 aliphatic carbocycles. The van der Waals surface area contributed by atoms with E-state index in [4.69, 9.17) is 4.74 Å². The summed E-state index contributed by atoms with van der Waals surface area (Å²) in [6.45, 7) is 12.8. The molecule has 1 heterocycles. The number of rotatable bonds is 5. The third-order valence-electron chi connectivity index (χ3n) is 6.04. The summed E-state index contributed by atoms with van der Waals surface area (Å²) >= 11 is 0. The van der Waals surface area contributed by atoms with Gasteiger partial charge in [0, 0.05) is 5.56 Å². The molecular weight excluding hydrogens is 446 g/mol. The Morgan fingerprint density at radius 1 is 1.22 bits per heavy atom. The molecule has 2 aromatic rings. The number of hydrogen-bond donors (Lipinski definition) is 1. The lowest BCUT2D eigenvalue weighted by atomic mass is 9.79. The zero-order chi connectivity index (χ0) is 26.1. The molecule has 0 radical (unpaired) electrons. The number of carbonyl (C=O) groups is 1. The molecule has 4 rings (SSSR count). The molecule has 1 aliphatic heterocycles. The summed E-state index contributed by atoms with van der Waals surface area (Å²) in [5.41, 5.74) is 6.06. The number of nitriles is 1. The van der Waals surface area contributed by atoms with E-state index in [-0.39, 0.29) is 12.5 Å². The molecule has 1 N–H and O–H groups in total. The van der Waals surface area contributed by atoms with E-state index in [9.17, 15) is 10.1 Å². The van der Waals surface area contributed by atoms with Crippen LogP contribution in [-0.2, 0) is 16.8 Å². The first-order valence-corrected chi connectivity index (χ1v) is 12.2. The van der Waals surface area contributed by atoms with E-state index in [2.05, 4.69) is 41.2 Å². The molecule has 0 unspecified atom stereocenters. The lowest BCUT2D eigenvalue weighted by Gasteiger charge is -2.30. The fraction of sp³-hybridized carbons (Fsp3) is 0.258. The van der Waals surface area contributed by atoms with Crippen LogP contribution in [0.25, 0.3) is 5.57 Å². The highest BCUT2D eigenvalue weighted by molar-refractivity contribution is 6.17. The van der Waals surface area contributed by atoms with Crippen molar-refractivity contribution in [3.63, 3.8) is 0 Å². The topological polar surface area (TPSA) is 74.5 Å². The molecule has 2 aliphatic rings. The first-order valence-electron chi connectivity index (χ1n) is 12.2.